The first-order chi connectivity index (χ1) is 8.72. The van der Waals surface area contributed by atoms with E-state index >= 15 is 0 Å². The van der Waals surface area contributed by atoms with E-state index in [1.807, 2.05) is 6.07 Å². The molecule has 1 aromatic rings. The molecule has 3 heteroatoms. The molecular weight excluding hydrogens is 224 g/mol. The molecule has 2 N–H and O–H groups in total. The molecule has 18 heavy (non-hydrogen) atoms. The highest BCUT2D eigenvalue weighted by atomic mass is 16.3. The van der Waals surface area contributed by atoms with Crippen LogP contribution in [0, 0.1) is 0 Å². The van der Waals surface area contributed by atoms with Crippen molar-refractivity contribution >= 4 is 0 Å². The molecule has 1 aromatic carbocycles. The highest BCUT2D eigenvalue weighted by Crippen LogP contribution is 2.20. The van der Waals surface area contributed by atoms with Gasteiger partial charge in [-0.05, 0) is 38.0 Å². The number of benzene rings is 1. The molecule has 0 amide bonds. The van der Waals surface area contributed by atoms with E-state index in [-0.39, 0.29) is 0 Å². The average Bonchev–Trinajstić information content (AvgIpc) is 2.40. The van der Waals surface area contributed by atoms with Gasteiger partial charge < -0.3 is 10.4 Å². The number of hydrogen-bond acceptors (Lipinski definition) is 3. The van der Waals surface area contributed by atoms with Crippen molar-refractivity contribution in [3.05, 3.63) is 35.9 Å². The van der Waals surface area contributed by atoms with Gasteiger partial charge in [0, 0.05) is 13.1 Å². The van der Waals surface area contributed by atoms with Crippen LogP contribution in [0.25, 0.3) is 0 Å². The predicted molar refractivity (Wildman–Crippen MR) is 74.4 cm³/mol. The van der Waals surface area contributed by atoms with E-state index in [1.165, 1.54) is 5.56 Å². The van der Waals surface area contributed by atoms with Crippen molar-refractivity contribution in [3.8, 4) is 0 Å². The topological polar surface area (TPSA) is 35.5 Å². The van der Waals surface area contributed by atoms with Crippen molar-refractivity contribution < 1.29 is 5.11 Å². The summed E-state index contributed by atoms with van der Waals surface area (Å²) < 4.78 is 0. The van der Waals surface area contributed by atoms with E-state index in [4.69, 9.17) is 0 Å². The normalized spacial score (nSPS) is 19.1. The molecule has 0 aliphatic carbocycles. The van der Waals surface area contributed by atoms with Gasteiger partial charge in [-0.1, -0.05) is 37.3 Å². The quantitative estimate of drug-likeness (QED) is 0.831. The Morgan fingerprint density at radius 3 is 2.50 bits per heavy atom. The van der Waals surface area contributed by atoms with Gasteiger partial charge in [0.05, 0.1) is 5.60 Å². The third-order valence-corrected chi connectivity index (χ3v) is 3.75. The Balaban J connectivity index is 1.92. The second kappa shape index (κ2) is 6.32. The van der Waals surface area contributed by atoms with Gasteiger partial charge in [0.15, 0.2) is 0 Å². The van der Waals surface area contributed by atoms with E-state index < -0.39 is 5.60 Å². The van der Waals surface area contributed by atoms with Crippen molar-refractivity contribution in [1.82, 2.24) is 10.2 Å². The molecule has 1 saturated heterocycles. The minimum atomic E-state index is -0.504. The highest BCUT2D eigenvalue weighted by Gasteiger charge is 2.30. The second-order valence-electron chi connectivity index (χ2n) is 5.26. The number of hydrogen-bond donors (Lipinski definition) is 2. The molecule has 1 fully saturated rings. The maximum atomic E-state index is 10.6. The van der Waals surface area contributed by atoms with Crippen LogP contribution in [-0.2, 0) is 6.54 Å². The summed E-state index contributed by atoms with van der Waals surface area (Å²) in [5.74, 6) is 0. The summed E-state index contributed by atoms with van der Waals surface area (Å²) in [4.78, 5) is 2.33. The van der Waals surface area contributed by atoms with Crippen LogP contribution in [-0.4, -0.2) is 41.8 Å². The van der Waals surface area contributed by atoms with Crippen LogP contribution in [0.4, 0.5) is 0 Å². The molecule has 1 aliphatic heterocycles. The van der Waals surface area contributed by atoms with E-state index in [9.17, 15) is 5.11 Å². The number of piperidine rings is 1. The monoisotopic (exact) mass is 248 g/mol. The van der Waals surface area contributed by atoms with Crippen molar-refractivity contribution in [2.75, 3.05) is 26.2 Å². The fourth-order valence-corrected chi connectivity index (χ4v) is 2.59. The standard InChI is InChI=1S/C15H24N2O/c1-2-17(12-14-6-4-3-5-7-14)13-15(18)8-10-16-11-9-15/h3-7,16,18H,2,8-13H2,1H3. The first kappa shape index (κ1) is 13.5. The van der Waals surface area contributed by atoms with Gasteiger partial charge in [-0.2, -0.15) is 0 Å². The van der Waals surface area contributed by atoms with Crippen LogP contribution in [0.2, 0.25) is 0 Å². The van der Waals surface area contributed by atoms with E-state index in [1.54, 1.807) is 0 Å². The largest absolute Gasteiger partial charge is 0.388 e. The van der Waals surface area contributed by atoms with Crippen LogP contribution in [0.5, 0.6) is 0 Å². The third-order valence-electron chi connectivity index (χ3n) is 3.75. The summed E-state index contributed by atoms with van der Waals surface area (Å²) in [6.07, 6.45) is 1.72. The Kier molecular flexibility index (Phi) is 4.75. The first-order valence-electron chi connectivity index (χ1n) is 6.91. The lowest BCUT2D eigenvalue weighted by molar-refractivity contribution is -0.0216. The maximum absolute atomic E-state index is 10.6. The molecule has 2 rings (SSSR count). The van der Waals surface area contributed by atoms with Gasteiger partial charge in [-0.15, -0.1) is 0 Å². The Morgan fingerprint density at radius 2 is 1.89 bits per heavy atom. The summed E-state index contributed by atoms with van der Waals surface area (Å²) in [5, 5.41) is 13.9. The Bertz CT molecular complexity index is 347. The fraction of sp³-hybridized carbons (Fsp3) is 0.600. The van der Waals surface area contributed by atoms with Crippen LogP contribution in [0.3, 0.4) is 0 Å². The summed E-state index contributed by atoms with van der Waals surface area (Å²) in [6.45, 7) is 6.70. The molecule has 0 bridgehead atoms. The molecule has 0 spiro atoms. The molecule has 0 unspecified atom stereocenters. The zero-order valence-corrected chi connectivity index (χ0v) is 11.2. The molecule has 0 saturated carbocycles. The first-order valence-corrected chi connectivity index (χ1v) is 6.91. The fourth-order valence-electron chi connectivity index (χ4n) is 2.59. The van der Waals surface area contributed by atoms with E-state index in [2.05, 4.69) is 41.4 Å². The zero-order valence-electron chi connectivity index (χ0n) is 11.2. The lowest BCUT2D eigenvalue weighted by Crippen LogP contribution is -2.49. The van der Waals surface area contributed by atoms with Gasteiger partial charge in [0.2, 0.25) is 0 Å². The summed E-state index contributed by atoms with van der Waals surface area (Å²) in [7, 11) is 0. The van der Waals surface area contributed by atoms with Gasteiger partial charge in [0.25, 0.3) is 0 Å². The van der Waals surface area contributed by atoms with Crippen LogP contribution >= 0.6 is 0 Å². The van der Waals surface area contributed by atoms with Crippen molar-refractivity contribution in [1.29, 1.82) is 0 Å². The summed E-state index contributed by atoms with van der Waals surface area (Å²) in [6, 6.07) is 10.5. The number of aliphatic hydroxyl groups is 1. The van der Waals surface area contributed by atoms with Crippen molar-refractivity contribution in [2.45, 2.75) is 31.9 Å². The van der Waals surface area contributed by atoms with Crippen molar-refractivity contribution in [2.24, 2.45) is 0 Å². The van der Waals surface area contributed by atoms with Gasteiger partial charge >= 0.3 is 0 Å². The van der Waals surface area contributed by atoms with E-state index in [0.29, 0.717) is 0 Å². The molecular formula is C15H24N2O. The molecule has 1 aliphatic rings. The lowest BCUT2D eigenvalue weighted by atomic mass is 9.91. The minimum Gasteiger partial charge on any atom is -0.388 e. The third kappa shape index (κ3) is 3.80. The molecule has 3 nitrogen and oxygen atoms in total. The number of nitrogens with one attached hydrogen (secondary N) is 1. The van der Waals surface area contributed by atoms with Gasteiger partial charge in [-0.25, -0.2) is 0 Å². The number of likely N-dealkylation sites (N-methyl/N-ethyl adjacent to an activating group) is 1. The van der Waals surface area contributed by atoms with Crippen LogP contribution < -0.4 is 5.32 Å². The Morgan fingerprint density at radius 1 is 1.22 bits per heavy atom. The smallest absolute Gasteiger partial charge is 0.0798 e. The average molecular weight is 248 g/mol. The van der Waals surface area contributed by atoms with Crippen LogP contribution in [0.1, 0.15) is 25.3 Å². The van der Waals surface area contributed by atoms with Crippen LogP contribution in [0.15, 0.2) is 30.3 Å². The number of nitrogens with zero attached hydrogens (tertiary/aromatic N) is 1. The predicted octanol–water partition coefficient (Wildman–Crippen LogP) is 1.62. The summed E-state index contributed by atoms with van der Waals surface area (Å²) in [5.41, 5.74) is 0.813. The Hall–Kier alpha value is -0.900. The SMILES string of the molecule is CCN(Cc1ccccc1)CC1(O)CCNCC1. The molecule has 0 aromatic heterocycles. The maximum Gasteiger partial charge on any atom is 0.0798 e. The summed E-state index contributed by atoms with van der Waals surface area (Å²) >= 11 is 0. The second-order valence-corrected chi connectivity index (χ2v) is 5.26. The molecule has 0 atom stereocenters. The molecule has 100 valence electrons. The minimum absolute atomic E-state index is 0.504. The molecule has 1 heterocycles. The lowest BCUT2D eigenvalue weighted by Gasteiger charge is -2.37. The number of rotatable bonds is 5. The van der Waals surface area contributed by atoms with E-state index in [0.717, 1.165) is 45.6 Å². The van der Waals surface area contributed by atoms with Gasteiger partial charge in [0.1, 0.15) is 0 Å². The highest BCUT2D eigenvalue weighted by molar-refractivity contribution is 5.14. The molecule has 0 radical (unpaired) electrons. The Labute approximate surface area is 110 Å². The zero-order chi connectivity index (χ0) is 12.8. The van der Waals surface area contributed by atoms with Gasteiger partial charge in [-0.3, -0.25) is 4.90 Å². The van der Waals surface area contributed by atoms with Crippen molar-refractivity contribution in [3.63, 3.8) is 0 Å².